The molecule has 0 aliphatic carbocycles. The lowest BCUT2D eigenvalue weighted by Crippen LogP contribution is -2.47. The number of carbonyl (C=O) groups excluding carboxylic acids is 1. The zero-order valence-corrected chi connectivity index (χ0v) is 15.1. The third-order valence-corrected chi connectivity index (χ3v) is 4.70. The van der Waals surface area contributed by atoms with E-state index in [1.807, 2.05) is 18.2 Å². The molecule has 9 heteroatoms. The molecule has 0 radical (unpaired) electrons. The summed E-state index contributed by atoms with van der Waals surface area (Å²) in [6, 6.07) is 9.41. The molecule has 0 atom stereocenters. The minimum atomic E-state index is -0.409. The van der Waals surface area contributed by atoms with Gasteiger partial charge in [-0.15, -0.1) is 0 Å². The number of anilines is 2. The Labute approximate surface area is 156 Å². The van der Waals surface area contributed by atoms with Crippen molar-refractivity contribution in [1.29, 1.82) is 0 Å². The first-order valence-corrected chi connectivity index (χ1v) is 8.74. The zero-order chi connectivity index (χ0) is 18.8. The first kappa shape index (κ1) is 17.2. The molecule has 0 saturated carbocycles. The largest absolute Gasteiger partial charge is 0.378 e. The van der Waals surface area contributed by atoms with Crippen molar-refractivity contribution < 1.29 is 9.53 Å². The second-order valence-corrected chi connectivity index (χ2v) is 6.40. The molecule has 27 heavy (non-hydrogen) atoms. The van der Waals surface area contributed by atoms with E-state index in [2.05, 4.69) is 24.9 Å². The summed E-state index contributed by atoms with van der Waals surface area (Å²) in [6.07, 6.45) is 1.51. The Morgan fingerprint density at radius 2 is 1.85 bits per heavy atom. The molecule has 3 heterocycles. The maximum Gasteiger partial charge on any atom is 0.254 e. The number of rotatable bonds is 5. The van der Waals surface area contributed by atoms with E-state index in [0.717, 1.165) is 43.4 Å². The van der Waals surface area contributed by atoms with Gasteiger partial charge in [-0.2, -0.15) is 14.6 Å². The number of benzene rings is 1. The molecule has 4 rings (SSSR count). The highest BCUT2D eigenvalue weighted by atomic mass is 16.5. The van der Waals surface area contributed by atoms with Gasteiger partial charge in [0, 0.05) is 50.6 Å². The molecule has 140 valence electrons. The van der Waals surface area contributed by atoms with Gasteiger partial charge in [-0.3, -0.25) is 4.79 Å². The normalized spacial score (nSPS) is 14.7. The first-order valence-electron chi connectivity index (χ1n) is 8.74. The lowest BCUT2D eigenvalue weighted by atomic mass is 10.1. The highest BCUT2D eigenvalue weighted by Crippen LogP contribution is 2.22. The molecule has 1 aliphatic rings. The molecule has 1 aromatic carbocycles. The van der Waals surface area contributed by atoms with E-state index in [4.69, 9.17) is 10.5 Å². The summed E-state index contributed by atoms with van der Waals surface area (Å²) in [4.78, 5) is 24.5. The van der Waals surface area contributed by atoms with Crippen LogP contribution in [0.3, 0.4) is 0 Å². The number of methoxy groups -OCH3 is 1. The van der Waals surface area contributed by atoms with Crippen molar-refractivity contribution in [1.82, 2.24) is 19.6 Å². The highest BCUT2D eigenvalue weighted by molar-refractivity contribution is 5.93. The van der Waals surface area contributed by atoms with Gasteiger partial charge in [-0.25, -0.2) is 4.98 Å². The molecular weight excluding hydrogens is 346 g/mol. The van der Waals surface area contributed by atoms with E-state index < -0.39 is 5.91 Å². The molecule has 1 fully saturated rings. The van der Waals surface area contributed by atoms with Crippen molar-refractivity contribution in [3.63, 3.8) is 0 Å². The van der Waals surface area contributed by atoms with Crippen LogP contribution in [0.2, 0.25) is 0 Å². The zero-order valence-electron chi connectivity index (χ0n) is 15.1. The molecule has 2 N–H and O–H groups in total. The Bertz CT molecular complexity index is 946. The summed E-state index contributed by atoms with van der Waals surface area (Å²) in [5, 5.41) is 4.30. The number of piperazine rings is 1. The third kappa shape index (κ3) is 3.41. The third-order valence-electron chi connectivity index (χ3n) is 4.70. The Balaban J connectivity index is 1.51. The number of hydrogen-bond donors (Lipinski definition) is 1. The Kier molecular flexibility index (Phi) is 4.59. The molecule has 0 unspecified atom stereocenters. The van der Waals surface area contributed by atoms with Gasteiger partial charge in [0.25, 0.3) is 5.78 Å². The number of nitrogens with two attached hydrogens (primary N) is 1. The van der Waals surface area contributed by atoms with Crippen molar-refractivity contribution in [2.24, 2.45) is 5.73 Å². The number of hydrogen-bond acceptors (Lipinski definition) is 7. The maximum absolute atomic E-state index is 11.2. The molecule has 0 spiro atoms. The van der Waals surface area contributed by atoms with E-state index in [0.29, 0.717) is 17.9 Å². The van der Waals surface area contributed by atoms with Crippen LogP contribution in [-0.4, -0.2) is 58.8 Å². The fourth-order valence-corrected chi connectivity index (χ4v) is 3.32. The van der Waals surface area contributed by atoms with Gasteiger partial charge < -0.3 is 20.3 Å². The predicted molar refractivity (Wildman–Crippen MR) is 101 cm³/mol. The standard InChI is InChI=1S/C18H21N7O2/c1-27-11-14-10-16(25-18(22-14)20-12-21-25)24-8-6-23(7-9-24)15-4-2-13(3-5-15)17(19)26/h2-5,10,12H,6-9,11H2,1H3,(H2,19,26). The number of fused-ring (bicyclic) bond motifs is 1. The van der Waals surface area contributed by atoms with E-state index in [-0.39, 0.29) is 0 Å². The van der Waals surface area contributed by atoms with E-state index in [1.54, 1.807) is 23.8 Å². The quantitative estimate of drug-likeness (QED) is 0.708. The average molecular weight is 367 g/mol. The summed E-state index contributed by atoms with van der Waals surface area (Å²) in [5.41, 5.74) is 7.74. The SMILES string of the molecule is COCc1cc(N2CCN(c3ccc(C(N)=O)cc3)CC2)n2ncnc2n1. The summed E-state index contributed by atoms with van der Waals surface area (Å²) < 4.78 is 6.98. The number of amides is 1. The van der Waals surface area contributed by atoms with Crippen LogP contribution in [0.1, 0.15) is 16.1 Å². The minimum Gasteiger partial charge on any atom is -0.378 e. The summed E-state index contributed by atoms with van der Waals surface area (Å²) in [5.74, 6) is 1.13. The van der Waals surface area contributed by atoms with Crippen LogP contribution in [0.15, 0.2) is 36.7 Å². The molecular formula is C18H21N7O2. The van der Waals surface area contributed by atoms with Crippen LogP contribution in [0.4, 0.5) is 11.5 Å². The molecule has 1 saturated heterocycles. The van der Waals surface area contributed by atoms with Crippen LogP contribution < -0.4 is 15.5 Å². The van der Waals surface area contributed by atoms with Crippen LogP contribution in [-0.2, 0) is 11.3 Å². The lowest BCUT2D eigenvalue weighted by Gasteiger charge is -2.37. The van der Waals surface area contributed by atoms with Crippen LogP contribution in [0, 0.1) is 0 Å². The van der Waals surface area contributed by atoms with E-state index in [1.165, 1.54) is 6.33 Å². The lowest BCUT2D eigenvalue weighted by molar-refractivity contribution is 0.100. The van der Waals surface area contributed by atoms with Crippen molar-refractivity contribution >= 4 is 23.2 Å². The van der Waals surface area contributed by atoms with E-state index >= 15 is 0 Å². The average Bonchev–Trinajstić information content (AvgIpc) is 3.16. The number of ether oxygens (including phenoxy) is 1. The van der Waals surface area contributed by atoms with Crippen molar-refractivity contribution in [3.05, 3.63) is 47.9 Å². The van der Waals surface area contributed by atoms with Gasteiger partial charge in [-0.1, -0.05) is 0 Å². The van der Waals surface area contributed by atoms with Gasteiger partial charge in [0.2, 0.25) is 5.91 Å². The second-order valence-electron chi connectivity index (χ2n) is 6.40. The summed E-state index contributed by atoms with van der Waals surface area (Å²) in [6.45, 7) is 3.82. The van der Waals surface area contributed by atoms with Gasteiger partial charge >= 0.3 is 0 Å². The van der Waals surface area contributed by atoms with Crippen molar-refractivity contribution in [3.8, 4) is 0 Å². The molecule has 9 nitrogen and oxygen atoms in total. The van der Waals surface area contributed by atoms with Crippen molar-refractivity contribution in [2.75, 3.05) is 43.1 Å². The highest BCUT2D eigenvalue weighted by Gasteiger charge is 2.21. The predicted octanol–water partition coefficient (Wildman–Crippen LogP) is 0.696. The number of carbonyl (C=O) groups is 1. The van der Waals surface area contributed by atoms with Crippen LogP contribution in [0.25, 0.3) is 5.78 Å². The summed E-state index contributed by atoms with van der Waals surface area (Å²) in [7, 11) is 1.65. The molecule has 2 aromatic heterocycles. The number of aromatic nitrogens is 4. The minimum absolute atomic E-state index is 0.409. The monoisotopic (exact) mass is 367 g/mol. The van der Waals surface area contributed by atoms with Crippen LogP contribution >= 0.6 is 0 Å². The Morgan fingerprint density at radius 3 is 2.52 bits per heavy atom. The Morgan fingerprint density at radius 1 is 1.15 bits per heavy atom. The molecule has 1 amide bonds. The van der Waals surface area contributed by atoms with Crippen molar-refractivity contribution in [2.45, 2.75) is 6.61 Å². The maximum atomic E-state index is 11.2. The fraction of sp³-hybridized carbons (Fsp3) is 0.333. The molecule has 3 aromatic rings. The van der Waals surface area contributed by atoms with Gasteiger partial charge in [0.15, 0.2) is 0 Å². The Hall–Kier alpha value is -3.20. The fourth-order valence-electron chi connectivity index (χ4n) is 3.32. The second kappa shape index (κ2) is 7.20. The smallest absolute Gasteiger partial charge is 0.254 e. The molecule has 0 bridgehead atoms. The van der Waals surface area contributed by atoms with E-state index in [9.17, 15) is 4.79 Å². The first-order chi connectivity index (χ1) is 13.2. The van der Waals surface area contributed by atoms with Gasteiger partial charge in [0.1, 0.15) is 12.1 Å². The van der Waals surface area contributed by atoms with Gasteiger partial charge in [0.05, 0.1) is 12.3 Å². The van der Waals surface area contributed by atoms with Gasteiger partial charge in [-0.05, 0) is 24.3 Å². The number of nitrogens with zero attached hydrogens (tertiary/aromatic N) is 6. The van der Waals surface area contributed by atoms with Crippen LogP contribution in [0.5, 0.6) is 0 Å². The number of primary amides is 1. The molecule has 1 aliphatic heterocycles. The topological polar surface area (TPSA) is 102 Å². The summed E-state index contributed by atoms with van der Waals surface area (Å²) >= 11 is 0.